The van der Waals surface area contributed by atoms with Gasteiger partial charge in [0, 0.05) is 6.04 Å². The van der Waals surface area contributed by atoms with Crippen LogP contribution in [-0.2, 0) is 4.79 Å². The molecular weight excluding hydrogens is 344 g/mol. The summed E-state index contributed by atoms with van der Waals surface area (Å²) in [5, 5.41) is 3.03. The van der Waals surface area contributed by atoms with Crippen LogP contribution in [0.1, 0.15) is 56.8 Å². The molecule has 1 saturated heterocycles. The van der Waals surface area contributed by atoms with Gasteiger partial charge in [0.25, 0.3) is 0 Å². The highest BCUT2D eigenvalue weighted by molar-refractivity contribution is 6.01. The minimum Gasteiger partial charge on any atom is -0.497 e. The molecule has 1 aliphatic rings. The van der Waals surface area contributed by atoms with Crippen molar-refractivity contribution in [2.75, 3.05) is 27.3 Å². The highest BCUT2D eigenvalue weighted by Gasteiger charge is 2.41. The van der Waals surface area contributed by atoms with Gasteiger partial charge in [-0.1, -0.05) is 12.8 Å². The fourth-order valence-corrected chi connectivity index (χ4v) is 3.57. The number of methoxy groups -OCH3 is 2. The van der Waals surface area contributed by atoms with Crippen LogP contribution < -0.4 is 14.8 Å². The minimum absolute atomic E-state index is 0.00944. The van der Waals surface area contributed by atoms with Gasteiger partial charge in [0.1, 0.15) is 11.5 Å². The molecule has 6 nitrogen and oxygen atoms in total. The SMILES string of the molecule is COc1ccc(OC)c(C(=O)CN2CCCCCC2(C)C(=O)NC(C)C)c1. The second kappa shape index (κ2) is 9.22. The largest absolute Gasteiger partial charge is 0.497 e. The van der Waals surface area contributed by atoms with Gasteiger partial charge in [-0.25, -0.2) is 0 Å². The second-order valence-electron chi connectivity index (χ2n) is 7.62. The van der Waals surface area contributed by atoms with Crippen molar-refractivity contribution in [3.63, 3.8) is 0 Å². The van der Waals surface area contributed by atoms with Gasteiger partial charge in [-0.05, 0) is 58.4 Å². The molecule has 1 heterocycles. The van der Waals surface area contributed by atoms with Crippen LogP contribution in [0.5, 0.6) is 11.5 Å². The number of likely N-dealkylation sites (tertiary alicyclic amines) is 1. The standard InChI is InChI=1S/C21H32N2O4/c1-15(2)22-20(25)21(3)11-7-6-8-12-23(21)14-18(24)17-13-16(26-4)9-10-19(17)27-5/h9-10,13,15H,6-8,11-12,14H2,1-5H3,(H,22,25). The third kappa shape index (κ3) is 5.01. The lowest BCUT2D eigenvalue weighted by Crippen LogP contribution is -2.58. The molecule has 0 aliphatic carbocycles. The van der Waals surface area contributed by atoms with Crippen molar-refractivity contribution in [3.8, 4) is 11.5 Å². The molecule has 0 spiro atoms. The number of ketones is 1. The fourth-order valence-electron chi connectivity index (χ4n) is 3.57. The van der Waals surface area contributed by atoms with Crippen LogP contribution in [-0.4, -0.2) is 55.5 Å². The van der Waals surface area contributed by atoms with Crippen LogP contribution in [0.3, 0.4) is 0 Å². The third-order valence-corrected chi connectivity index (χ3v) is 5.24. The van der Waals surface area contributed by atoms with E-state index in [-0.39, 0.29) is 24.3 Å². The van der Waals surface area contributed by atoms with Crippen molar-refractivity contribution in [2.45, 2.75) is 58.0 Å². The Morgan fingerprint density at radius 2 is 1.93 bits per heavy atom. The number of ether oxygens (including phenoxy) is 2. The molecule has 1 unspecified atom stereocenters. The molecule has 1 aromatic rings. The Bertz CT molecular complexity index is 674. The second-order valence-corrected chi connectivity index (χ2v) is 7.62. The number of hydrogen-bond donors (Lipinski definition) is 1. The van der Waals surface area contributed by atoms with E-state index in [2.05, 4.69) is 5.32 Å². The number of nitrogens with one attached hydrogen (secondary N) is 1. The van der Waals surface area contributed by atoms with Gasteiger partial charge in [-0.2, -0.15) is 0 Å². The zero-order chi connectivity index (χ0) is 20.0. The number of nitrogens with zero attached hydrogens (tertiary/aromatic N) is 1. The van der Waals surface area contributed by atoms with Gasteiger partial charge >= 0.3 is 0 Å². The molecule has 0 bridgehead atoms. The molecule has 1 aromatic carbocycles. The van der Waals surface area contributed by atoms with E-state index in [0.717, 1.165) is 32.2 Å². The van der Waals surface area contributed by atoms with E-state index in [9.17, 15) is 9.59 Å². The first-order valence-electron chi connectivity index (χ1n) is 9.63. The van der Waals surface area contributed by atoms with Crippen molar-refractivity contribution in [1.82, 2.24) is 10.2 Å². The Hall–Kier alpha value is -2.08. The number of benzene rings is 1. The molecule has 2 rings (SSSR count). The topological polar surface area (TPSA) is 67.9 Å². The molecule has 0 radical (unpaired) electrons. The quantitative estimate of drug-likeness (QED) is 0.741. The van der Waals surface area contributed by atoms with Gasteiger partial charge in [0.05, 0.1) is 31.9 Å². The molecule has 1 aliphatic heterocycles. The summed E-state index contributed by atoms with van der Waals surface area (Å²) in [5.74, 6) is 1.04. The molecule has 1 fully saturated rings. The predicted molar refractivity (Wildman–Crippen MR) is 106 cm³/mol. The normalized spacial score (nSPS) is 20.8. The molecule has 0 saturated carbocycles. The summed E-state index contributed by atoms with van der Waals surface area (Å²) in [6.07, 6.45) is 3.77. The first-order valence-corrected chi connectivity index (χ1v) is 9.63. The van der Waals surface area contributed by atoms with Gasteiger partial charge in [0.15, 0.2) is 5.78 Å². The van der Waals surface area contributed by atoms with E-state index < -0.39 is 5.54 Å². The van der Waals surface area contributed by atoms with Crippen molar-refractivity contribution >= 4 is 11.7 Å². The maximum absolute atomic E-state index is 13.1. The highest BCUT2D eigenvalue weighted by atomic mass is 16.5. The third-order valence-electron chi connectivity index (χ3n) is 5.24. The lowest BCUT2D eigenvalue weighted by atomic mass is 9.92. The predicted octanol–water partition coefficient (Wildman–Crippen LogP) is 3.05. The monoisotopic (exact) mass is 376 g/mol. The number of hydrogen-bond acceptors (Lipinski definition) is 5. The van der Waals surface area contributed by atoms with Crippen molar-refractivity contribution < 1.29 is 19.1 Å². The van der Waals surface area contributed by atoms with Gasteiger partial charge in [-0.15, -0.1) is 0 Å². The molecule has 6 heteroatoms. The number of carbonyl (C=O) groups excluding carboxylic acids is 2. The first kappa shape index (κ1) is 21.2. The van der Waals surface area contributed by atoms with Gasteiger partial charge in [-0.3, -0.25) is 14.5 Å². The van der Waals surface area contributed by atoms with Crippen LogP contribution >= 0.6 is 0 Å². The Balaban J connectivity index is 2.28. The number of Topliss-reactive ketones (excluding diaryl/α,β-unsaturated/α-hetero) is 1. The maximum Gasteiger partial charge on any atom is 0.240 e. The summed E-state index contributed by atoms with van der Waals surface area (Å²) in [6.45, 7) is 6.75. The van der Waals surface area contributed by atoms with Crippen molar-refractivity contribution in [2.24, 2.45) is 0 Å². The Labute approximate surface area is 162 Å². The lowest BCUT2D eigenvalue weighted by molar-refractivity contribution is -0.133. The van der Waals surface area contributed by atoms with E-state index in [1.54, 1.807) is 32.4 Å². The Morgan fingerprint density at radius 3 is 2.56 bits per heavy atom. The van der Waals surface area contributed by atoms with Crippen LogP contribution in [0.15, 0.2) is 18.2 Å². The average molecular weight is 376 g/mol. The summed E-state index contributed by atoms with van der Waals surface area (Å²) in [6, 6.07) is 5.26. The smallest absolute Gasteiger partial charge is 0.240 e. The zero-order valence-electron chi connectivity index (χ0n) is 17.1. The van der Waals surface area contributed by atoms with E-state index in [4.69, 9.17) is 9.47 Å². The summed E-state index contributed by atoms with van der Waals surface area (Å²) in [5.41, 5.74) is -0.213. The molecular formula is C21H32N2O4. The minimum atomic E-state index is -0.692. The molecule has 150 valence electrons. The maximum atomic E-state index is 13.1. The van der Waals surface area contributed by atoms with E-state index in [1.807, 2.05) is 25.7 Å². The lowest BCUT2D eigenvalue weighted by Gasteiger charge is -2.39. The first-order chi connectivity index (χ1) is 12.8. The molecule has 1 atom stereocenters. The van der Waals surface area contributed by atoms with Crippen molar-refractivity contribution in [3.05, 3.63) is 23.8 Å². The summed E-state index contributed by atoms with van der Waals surface area (Å²) in [4.78, 5) is 28.0. The van der Waals surface area contributed by atoms with E-state index in [0.29, 0.717) is 17.1 Å². The van der Waals surface area contributed by atoms with Crippen LogP contribution in [0, 0.1) is 0 Å². The van der Waals surface area contributed by atoms with Gasteiger partial charge < -0.3 is 14.8 Å². The fraction of sp³-hybridized carbons (Fsp3) is 0.619. The number of amides is 1. The summed E-state index contributed by atoms with van der Waals surface area (Å²) < 4.78 is 10.6. The molecule has 0 aromatic heterocycles. The molecule has 27 heavy (non-hydrogen) atoms. The summed E-state index contributed by atoms with van der Waals surface area (Å²) >= 11 is 0. The van der Waals surface area contributed by atoms with Gasteiger partial charge in [0.2, 0.25) is 5.91 Å². The number of rotatable bonds is 7. The van der Waals surface area contributed by atoms with Crippen molar-refractivity contribution in [1.29, 1.82) is 0 Å². The van der Waals surface area contributed by atoms with Crippen LogP contribution in [0.25, 0.3) is 0 Å². The van der Waals surface area contributed by atoms with E-state index in [1.165, 1.54) is 0 Å². The average Bonchev–Trinajstić information content (AvgIpc) is 2.83. The molecule has 1 amide bonds. The number of carbonyl (C=O) groups is 2. The molecule has 1 N–H and O–H groups in total. The summed E-state index contributed by atoms with van der Waals surface area (Å²) in [7, 11) is 3.11. The Morgan fingerprint density at radius 1 is 1.19 bits per heavy atom. The zero-order valence-corrected chi connectivity index (χ0v) is 17.1. The highest BCUT2D eigenvalue weighted by Crippen LogP contribution is 2.30. The van der Waals surface area contributed by atoms with Crippen LogP contribution in [0.2, 0.25) is 0 Å². The Kier molecular flexibility index (Phi) is 7.25. The van der Waals surface area contributed by atoms with E-state index >= 15 is 0 Å². The van der Waals surface area contributed by atoms with Crippen LogP contribution in [0.4, 0.5) is 0 Å².